The van der Waals surface area contributed by atoms with Crippen molar-refractivity contribution in [2.75, 3.05) is 0 Å². The Morgan fingerprint density at radius 2 is 2.12 bits per heavy atom. The van der Waals surface area contributed by atoms with Crippen LogP contribution >= 0.6 is 15.9 Å². The van der Waals surface area contributed by atoms with E-state index in [-0.39, 0.29) is 5.56 Å². The first kappa shape index (κ1) is 10.3. The van der Waals surface area contributed by atoms with Gasteiger partial charge in [-0.25, -0.2) is 4.98 Å². The molecule has 0 aliphatic carbocycles. The molecule has 0 amide bonds. The maximum atomic E-state index is 11.6. The second kappa shape index (κ2) is 3.85. The Labute approximate surface area is 105 Å². The Morgan fingerprint density at radius 1 is 1.24 bits per heavy atom. The summed E-state index contributed by atoms with van der Waals surface area (Å²) in [6, 6.07) is 9.27. The van der Waals surface area contributed by atoms with E-state index >= 15 is 0 Å². The Morgan fingerprint density at radius 3 is 2.94 bits per heavy atom. The van der Waals surface area contributed by atoms with Crippen molar-refractivity contribution in [2.24, 2.45) is 0 Å². The molecule has 3 aromatic rings. The van der Waals surface area contributed by atoms with Crippen molar-refractivity contribution < 1.29 is 0 Å². The summed E-state index contributed by atoms with van der Waals surface area (Å²) in [6.07, 6.45) is 1.60. The SMILES string of the molecule is O=c1[nH]cccc1-c1nc2ccc(Br)cc2[nH]1. The van der Waals surface area contributed by atoms with Crippen molar-refractivity contribution in [3.63, 3.8) is 0 Å². The van der Waals surface area contributed by atoms with E-state index in [0.717, 1.165) is 15.5 Å². The average Bonchev–Trinajstić information content (AvgIpc) is 2.72. The number of nitrogens with zero attached hydrogens (tertiary/aromatic N) is 1. The van der Waals surface area contributed by atoms with Crippen molar-refractivity contribution in [1.82, 2.24) is 15.0 Å². The number of fused-ring (bicyclic) bond motifs is 1. The summed E-state index contributed by atoms with van der Waals surface area (Å²) >= 11 is 3.40. The number of aromatic amines is 2. The molecule has 0 aliphatic heterocycles. The summed E-state index contributed by atoms with van der Waals surface area (Å²) in [5, 5.41) is 0. The van der Waals surface area contributed by atoms with E-state index in [2.05, 4.69) is 30.9 Å². The normalized spacial score (nSPS) is 10.9. The largest absolute Gasteiger partial charge is 0.338 e. The van der Waals surface area contributed by atoms with Crippen LogP contribution in [0.3, 0.4) is 0 Å². The molecule has 84 valence electrons. The Hall–Kier alpha value is -1.88. The highest BCUT2D eigenvalue weighted by atomic mass is 79.9. The summed E-state index contributed by atoms with van der Waals surface area (Å²) < 4.78 is 0.974. The molecule has 4 nitrogen and oxygen atoms in total. The number of benzene rings is 1. The van der Waals surface area contributed by atoms with Gasteiger partial charge in [0.25, 0.3) is 5.56 Å². The summed E-state index contributed by atoms with van der Waals surface area (Å²) in [7, 11) is 0. The van der Waals surface area contributed by atoms with Crippen LogP contribution in [0.5, 0.6) is 0 Å². The van der Waals surface area contributed by atoms with Crippen LogP contribution in [0, 0.1) is 0 Å². The number of rotatable bonds is 1. The van der Waals surface area contributed by atoms with Crippen molar-refractivity contribution in [2.45, 2.75) is 0 Å². The van der Waals surface area contributed by atoms with Crippen molar-refractivity contribution >= 4 is 27.0 Å². The number of hydrogen-bond donors (Lipinski definition) is 2. The molecule has 0 saturated carbocycles. The molecule has 0 spiro atoms. The predicted molar refractivity (Wildman–Crippen MR) is 69.9 cm³/mol. The zero-order valence-corrected chi connectivity index (χ0v) is 10.3. The molecule has 0 fully saturated rings. The highest BCUT2D eigenvalue weighted by Gasteiger charge is 2.08. The van der Waals surface area contributed by atoms with Crippen LogP contribution < -0.4 is 5.56 Å². The number of nitrogens with one attached hydrogen (secondary N) is 2. The highest BCUT2D eigenvalue weighted by molar-refractivity contribution is 9.10. The molecule has 0 atom stereocenters. The number of H-pyrrole nitrogens is 2. The number of aromatic nitrogens is 3. The van der Waals surface area contributed by atoms with Gasteiger partial charge >= 0.3 is 0 Å². The van der Waals surface area contributed by atoms with Gasteiger partial charge in [-0.05, 0) is 30.3 Å². The second-order valence-electron chi connectivity index (χ2n) is 3.66. The fourth-order valence-electron chi connectivity index (χ4n) is 1.72. The van der Waals surface area contributed by atoms with E-state index in [1.165, 1.54) is 0 Å². The molecular weight excluding hydrogens is 282 g/mol. The van der Waals surface area contributed by atoms with Gasteiger partial charge in [0.05, 0.1) is 16.6 Å². The van der Waals surface area contributed by atoms with Gasteiger partial charge in [0.2, 0.25) is 0 Å². The average molecular weight is 290 g/mol. The molecule has 1 aromatic carbocycles. The van der Waals surface area contributed by atoms with Gasteiger partial charge in [0.1, 0.15) is 5.82 Å². The Balaban J connectivity index is 2.25. The van der Waals surface area contributed by atoms with E-state index in [1.807, 2.05) is 18.2 Å². The van der Waals surface area contributed by atoms with Gasteiger partial charge in [-0.1, -0.05) is 15.9 Å². The van der Waals surface area contributed by atoms with E-state index in [4.69, 9.17) is 0 Å². The summed E-state index contributed by atoms with van der Waals surface area (Å²) in [5.74, 6) is 0.583. The molecule has 0 unspecified atom stereocenters. The zero-order chi connectivity index (χ0) is 11.8. The molecule has 0 saturated heterocycles. The maximum absolute atomic E-state index is 11.6. The molecule has 2 aromatic heterocycles. The van der Waals surface area contributed by atoms with Crippen LogP contribution in [0.2, 0.25) is 0 Å². The van der Waals surface area contributed by atoms with Crippen LogP contribution in [0.25, 0.3) is 22.4 Å². The van der Waals surface area contributed by atoms with Crippen LogP contribution in [-0.2, 0) is 0 Å². The van der Waals surface area contributed by atoms with Gasteiger partial charge in [-0.3, -0.25) is 4.79 Å². The first-order valence-corrected chi connectivity index (χ1v) is 5.87. The third-order valence-electron chi connectivity index (χ3n) is 2.52. The second-order valence-corrected chi connectivity index (χ2v) is 4.58. The molecule has 2 heterocycles. The van der Waals surface area contributed by atoms with Gasteiger partial charge in [0.15, 0.2) is 0 Å². The maximum Gasteiger partial charge on any atom is 0.258 e. The molecular formula is C12H8BrN3O. The van der Waals surface area contributed by atoms with E-state index in [9.17, 15) is 4.79 Å². The first-order chi connectivity index (χ1) is 8.24. The third-order valence-corrected chi connectivity index (χ3v) is 3.01. The van der Waals surface area contributed by atoms with Crippen LogP contribution in [0.4, 0.5) is 0 Å². The molecule has 0 radical (unpaired) electrons. The third kappa shape index (κ3) is 1.78. The Kier molecular flexibility index (Phi) is 2.33. The minimum atomic E-state index is -0.148. The highest BCUT2D eigenvalue weighted by Crippen LogP contribution is 2.21. The molecule has 17 heavy (non-hydrogen) atoms. The fourth-order valence-corrected chi connectivity index (χ4v) is 2.08. The summed E-state index contributed by atoms with van der Waals surface area (Å²) in [6.45, 7) is 0. The van der Waals surface area contributed by atoms with Gasteiger partial charge in [-0.15, -0.1) is 0 Å². The van der Waals surface area contributed by atoms with Crippen molar-refractivity contribution in [3.8, 4) is 11.4 Å². The predicted octanol–water partition coefficient (Wildman–Crippen LogP) is 2.68. The lowest BCUT2D eigenvalue weighted by Gasteiger charge is -1.92. The lowest BCUT2D eigenvalue weighted by Crippen LogP contribution is -2.07. The zero-order valence-electron chi connectivity index (χ0n) is 8.70. The van der Waals surface area contributed by atoms with Crippen molar-refractivity contribution in [1.29, 1.82) is 0 Å². The van der Waals surface area contributed by atoms with Crippen LogP contribution in [-0.4, -0.2) is 15.0 Å². The van der Waals surface area contributed by atoms with Gasteiger partial charge < -0.3 is 9.97 Å². The number of pyridine rings is 1. The molecule has 0 bridgehead atoms. The molecule has 5 heteroatoms. The van der Waals surface area contributed by atoms with Crippen LogP contribution in [0.15, 0.2) is 45.8 Å². The molecule has 3 rings (SSSR count). The standard InChI is InChI=1S/C12H8BrN3O/c13-7-3-4-9-10(6-7)16-11(15-9)8-2-1-5-14-12(8)17/h1-6H,(H,14,17)(H,15,16). The smallest absolute Gasteiger partial charge is 0.258 e. The van der Waals surface area contributed by atoms with Gasteiger partial charge in [0, 0.05) is 10.7 Å². The van der Waals surface area contributed by atoms with Crippen LogP contribution in [0.1, 0.15) is 0 Å². The minimum absolute atomic E-state index is 0.148. The summed E-state index contributed by atoms with van der Waals surface area (Å²) in [4.78, 5) is 21.8. The molecule has 2 N–H and O–H groups in total. The monoisotopic (exact) mass is 289 g/mol. The fraction of sp³-hybridized carbons (Fsp3) is 0. The molecule has 0 aliphatic rings. The minimum Gasteiger partial charge on any atom is -0.338 e. The van der Waals surface area contributed by atoms with E-state index in [0.29, 0.717) is 11.4 Å². The first-order valence-electron chi connectivity index (χ1n) is 5.07. The Bertz CT molecular complexity index is 745. The van der Waals surface area contributed by atoms with E-state index in [1.54, 1.807) is 18.3 Å². The topological polar surface area (TPSA) is 61.5 Å². The number of imidazole rings is 1. The van der Waals surface area contributed by atoms with E-state index < -0.39 is 0 Å². The summed E-state index contributed by atoms with van der Waals surface area (Å²) in [5.41, 5.74) is 2.13. The number of hydrogen-bond acceptors (Lipinski definition) is 2. The van der Waals surface area contributed by atoms with Crippen molar-refractivity contribution in [3.05, 3.63) is 51.4 Å². The van der Waals surface area contributed by atoms with Gasteiger partial charge in [-0.2, -0.15) is 0 Å². The lowest BCUT2D eigenvalue weighted by atomic mass is 10.3. The number of halogens is 1. The quantitative estimate of drug-likeness (QED) is 0.723. The lowest BCUT2D eigenvalue weighted by molar-refractivity contribution is 1.21.